The summed E-state index contributed by atoms with van der Waals surface area (Å²) in [4.78, 5) is 38.2. The summed E-state index contributed by atoms with van der Waals surface area (Å²) in [6, 6.07) is 5.00. The summed E-state index contributed by atoms with van der Waals surface area (Å²) in [5, 5.41) is 2.92. The van der Waals surface area contributed by atoms with E-state index >= 15 is 0 Å². The molecule has 6 nitrogen and oxygen atoms in total. The summed E-state index contributed by atoms with van der Waals surface area (Å²) in [6.45, 7) is 8.20. The van der Waals surface area contributed by atoms with Crippen LogP contribution in [0.3, 0.4) is 0 Å². The molecule has 1 amide bonds. The molecule has 0 bridgehead atoms. The number of carbonyl (C=O) groups is 1. The molecule has 2 aromatic rings. The van der Waals surface area contributed by atoms with Gasteiger partial charge in [0.2, 0.25) is 0 Å². The Bertz CT molecular complexity index is 817. The van der Waals surface area contributed by atoms with Crippen LogP contribution in [0.15, 0.2) is 27.8 Å². The first-order chi connectivity index (χ1) is 10.3. The average molecular weight is 303 g/mol. The molecule has 22 heavy (non-hydrogen) atoms. The Balaban J connectivity index is 2.47. The Labute approximate surface area is 128 Å². The molecule has 2 N–H and O–H groups in total. The van der Waals surface area contributed by atoms with E-state index in [0.29, 0.717) is 29.1 Å². The number of nitrogens with zero attached hydrogens (tertiary/aromatic N) is 1. The van der Waals surface area contributed by atoms with Crippen molar-refractivity contribution in [3.63, 3.8) is 0 Å². The van der Waals surface area contributed by atoms with E-state index in [2.05, 4.69) is 10.3 Å². The van der Waals surface area contributed by atoms with Crippen LogP contribution in [0.5, 0.6) is 0 Å². The van der Waals surface area contributed by atoms with Gasteiger partial charge in [0.1, 0.15) is 0 Å². The fraction of sp³-hybridized carbons (Fsp3) is 0.438. The van der Waals surface area contributed by atoms with E-state index < -0.39 is 11.1 Å². The lowest BCUT2D eigenvalue weighted by Crippen LogP contribution is -2.37. The Morgan fingerprint density at radius 2 is 1.95 bits per heavy atom. The maximum absolute atomic E-state index is 12.2. The van der Waals surface area contributed by atoms with Crippen LogP contribution in [0.2, 0.25) is 0 Å². The lowest BCUT2D eigenvalue weighted by molar-refractivity contribution is 0.0930. The molecule has 6 heteroatoms. The van der Waals surface area contributed by atoms with Crippen molar-refractivity contribution in [2.75, 3.05) is 0 Å². The van der Waals surface area contributed by atoms with Crippen LogP contribution in [-0.2, 0) is 6.54 Å². The molecular formula is C16H21N3O3. The standard InChI is InChI=1S/C16H21N3O3/c1-5-19-13-7-6-11(14(20)17-10(4)9(2)3)8-12(13)18-15(21)16(19)22/h6-10H,5H2,1-4H3,(H,17,20)(H,18,21). The summed E-state index contributed by atoms with van der Waals surface area (Å²) < 4.78 is 1.40. The van der Waals surface area contributed by atoms with Crippen molar-refractivity contribution in [1.82, 2.24) is 14.9 Å². The second kappa shape index (κ2) is 6.17. The number of benzene rings is 1. The highest BCUT2D eigenvalue weighted by atomic mass is 16.2. The fourth-order valence-electron chi connectivity index (χ4n) is 2.19. The minimum Gasteiger partial charge on any atom is -0.349 e. The van der Waals surface area contributed by atoms with Crippen molar-refractivity contribution in [1.29, 1.82) is 0 Å². The van der Waals surface area contributed by atoms with E-state index in [4.69, 9.17) is 0 Å². The number of fused-ring (bicyclic) bond motifs is 1. The van der Waals surface area contributed by atoms with Gasteiger partial charge in [0.25, 0.3) is 5.91 Å². The minimum atomic E-state index is -0.678. The van der Waals surface area contributed by atoms with Gasteiger partial charge in [-0.2, -0.15) is 0 Å². The zero-order valence-electron chi connectivity index (χ0n) is 13.3. The summed E-state index contributed by atoms with van der Waals surface area (Å²) in [5.74, 6) is 0.132. The first kappa shape index (κ1) is 16.0. The smallest absolute Gasteiger partial charge is 0.316 e. The third-order valence-electron chi connectivity index (χ3n) is 3.91. The quantitative estimate of drug-likeness (QED) is 0.839. The second-order valence-corrected chi connectivity index (χ2v) is 5.74. The third kappa shape index (κ3) is 2.95. The minimum absolute atomic E-state index is 0.0480. The van der Waals surface area contributed by atoms with Crippen molar-refractivity contribution in [2.45, 2.75) is 40.3 Å². The molecule has 1 aromatic heterocycles. The largest absolute Gasteiger partial charge is 0.349 e. The van der Waals surface area contributed by atoms with E-state index in [9.17, 15) is 14.4 Å². The molecule has 0 spiro atoms. The number of H-pyrrole nitrogens is 1. The van der Waals surface area contributed by atoms with E-state index in [1.54, 1.807) is 25.1 Å². The van der Waals surface area contributed by atoms with Gasteiger partial charge >= 0.3 is 11.1 Å². The highest BCUT2D eigenvalue weighted by molar-refractivity contribution is 5.97. The predicted octanol–water partition coefficient (Wildman–Crippen LogP) is 1.48. The van der Waals surface area contributed by atoms with Crippen molar-refractivity contribution >= 4 is 16.9 Å². The number of hydrogen-bond donors (Lipinski definition) is 2. The number of aromatic nitrogens is 2. The van der Waals surface area contributed by atoms with Crippen molar-refractivity contribution in [3.05, 3.63) is 44.5 Å². The monoisotopic (exact) mass is 303 g/mol. The second-order valence-electron chi connectivity index (χ2n) is 5.74. The fourth-order valence-corrected chi connectivity index (χ4v) is 2.19. The van der Waals surface area contributed by atoms with E-state index in [1.807, 2.05) is 20.8 Å². The number of hydrogen-bond acceptors (Lipinski definition) is 3. The van der Waals surface area contributed by atoms with Crippen LogP contribution < -0.4 is 16.4 Å². The first-order valence-electron chi connectivity index (χ1n) is 7.43. The third-order valence-corrected chi connectivity index (χ3v) is 3.91. The van der Waals surface area contributed by atoms with Crippen LogP contribution in [0.4, 0.5) is 0 Å². The van der Waals surface area contributed by atoms with Gasteiger partial charge in [-0.15, -0.1) is 0 Å². The zero-order valence-corrected chi connectivity index (χ0v) is 13.3. The van der Waals surface area contributed by atoms with Gasteiger partial charge in [-0.3, -0.25) is 14.4 Å². The van der Waals surface area contributed by atoms with Gasteiger partial charge < -0.3 is 14.9 Å². The Kier molecular flexibility index (Phi) is 4.49. The van der Waals surface area contributed by atoms with Gasteiger partial charge in [-0.1, -0.05) is 13.8 Å². The number of aromatic amines is 1. The molecule has 0 aliphatic rings. The molecule has 0 aliphatic carbocycles. The van der Waals surface area contributed by atoms with Crippen LogP contribution in [0.25, 0.3) is 11.0 Å². The molecule has 1 atom stereocenters. The van der Waals surface area contributed by atoms with Gasteiger partial charge in [0.15, 0.2) is 0 Å². The maximum atomic E-state index is 12.2. The van der Waals surface area contributed by atoms with Crippen LogP contribution in [0, 0.1) is 5.92 Å². The number of aryl methyl sites for hydroxylation is 1. The summed E-state index contributed by atoms with van der Waals surface area (Å²) in [6.07, 6.45) is 0. The first-order valence-corrected chi connectivity index (χ1v) is 7.43. The van der Waals surface area contributed by atoms with E-state index in [0.717, 1.165) is 0 Å². The van der Waals surface area contributed by atoms with Gasteiger partial charge in [-0.25, -0.2) is 0 Å². The number of carbonyl (C=O) groups excluding carboxylic acids is 1. The Hall–Kier alpha value is -2.37. The SMILES string of the molecule is CCn1c(=O)c(=O)[nH]c2cc(C(=O)NC(C)C(C)C)ccc21. The van der Waals surface area contributed by atoms with Crippen LogP contribution in [-0.4, -0.2) is 21.5 Å². The van der Waals surface area contributed by atoms with Crippen molar-refractivity contribution < 1.29 is 4.79 Å². The highest BCUT2D eigenvalue weighted by Gasteiger charge is 2.14. The number of amides is 1. The number of rotatable bonds is 4. The lowest BCUT2D eigenvalue weighted by Gasteiger charge is -2.17. The molecule has 0 saturated heterocycles. The van der Waals surface area contributed by atoms with E-state index in [1.165, 1.54) is 4.57 Å². The normalized spacial score (nSPS) is 12.6. The topological polar surface area (TPSA) is 84.0 Å². The van der Waals surface area contributed by atoms with Crippen LogP contribution in [0.1, 0.15) is 38.1 Å². The molecule has 0 aliphatic heterocycles. The molecule has 0 radical (unpaired) electrons. The van der Waals surface area contributed by atoms with Crippen LogP contribution >= 0.6 is 0 Å². The molecule has 0 saturated carbocycles. The molecule has 1 heterocycles. The molecular weight excluding hydrogens is 282 g/mol. The molecule has 1 unspecified atom stereocenters. The van der Waals surface area contributed by atoms with Gasteiger partial charge in [0.05, 0.1) is 11.0 Å². The Morgan fingerprint density at radius 3 is 2.55 bits per heavy atom. The van der Waals surface area contributed by atoms with Crippen molar-refractivity contribution in [2.24, 2.45) is 5.92 Å². The summed E-state index contributed by atoms with van der Waals surface area (Å²) in [5.41, 5.74) is 0.289. The zero-order chi connectivity index (χ0) is 16.4. The van der Waals surface area contributed by atoms with Gasteiger partial charge in [-0.05, 0) is 38.0 Å². The molecule has 1 aromatic carbocycles. The molecule has 0 fully saturated rings. The molecule has 2 rings (SSSR count). The summed E-state index contributed by atoms with van der Waals surface area (Å²) in [7, 11) is 0. The Morgan fingerprint density at radius 1 is 1.27 bits per heavy atom. The van der Waals surface area contributed by atoms with Crippen molar-refractivity contribution in [3.8, 4) is 0 Å². The molecule has 118 valence electrons. The maximum Gasteiger partial charge on any atom is 0.316 e. The van der Waals surface area contributed by atoms with E-state index in [-0.39, 0.29) is 11.9 Å². The number of nitrogens with one attached hydrogen (secondary N) is 2. The average Bonchev–Trinajstić information content (AvgIpc) is 2.47. The highest BCUT2D eigenvalue weighted by Crippen LogP contribution is 2.12. The predicted molar refractivity (Wildman–Crippen MR) is 86.3 cm³/mol. The summed E-state index contributed by atoms with van der Waals surface area (Å²) >= 11 is 0. The lowest BCUT2D eigenvalue weighted by atomic mass is 10.1. The van der Waals surface area contributed by atoms with Gasteiger partial charge in [0, 0.05) is 18.2 Å².